The molecule has 5 heteroatoms. The van der Waals surface area contributed by atoms with Crippen molar-refractivity contribution in [3.63, 3.8) is 0 Å². The van der Waals surface area contributed by atoms with Gasteiger partial charge in [-0.05, 0) is 36.2 Å². The van der Waals surface area contributed by atoms with Crippen molar-refractivity contribution < 1.29 is 23.8 Å². The number of carbonyl (C=O) groups excluding carboxylic acids is 2. The third-order valence-corrected chi connectivity index (χ3v) is 4.38. The first kappa shape index (κ1) is 21.5. The lowest BCUT2D eigenvalue weighted by molar-refractivity contribution is 0.0436. The van der Waals surface area contributed by atoms with Crippen LogP contribution in [0.3, 0.4) is 0 Å². The van der Waals surface area contributed by atoms with Gasteiger partial charge in [0.2, 0.25) is 0 Å². The van der Waals surface area contributed by atoms with Crippen molar-refractivity contribution in [2.24, 2.45) is 0 Å². The van der Waals surface area contributed by atoms with Crippen molar-refractivity contribution in [2.45, 2.75) is 45.6 Å². The zero-order chi connectivity index (χ0) is 20.2. The number of methoxy groups -OCH3 is 1. The minimum atomic E-state index is -0.550. The molecule has 150 valence electrons. The number of rotatable bonds is 11. The molecule has 2 aromatic carbocycles. The molecule has 0 aliphatic rings. The standard InChI is InChI=1S/C23H28O5/c1-3-4-5-6-9-16-27-22(24)20-10-7-8-11-21(20)23(25)28-17-18-12-14-19(26-2)15-13-18/h7-8,10-15H,3-6,9,16-17H2,1-2H3. The molecule has 0 radical (unpaired) electrons. The van der Waals surface area contributed by atoms with E-state index >= 15 is 0 Å². The highest BCUT2D eigenvalue weighted by Gasteiger charge is 2.19. The minimum absolute atomic E-state index is 0.115. The van der Waals surface area contributed by atoms with Gasteiger partial charge < -0.3 is 14.2 Å². The Morgan fingerprint density at radius 3 is 2.00 bits per heavy atom. The molecule has 0 saturated carbocycles. The molecule has 0 heterocycles. The molecular weight excluding hydrogens is 356 g/mol. The van der Waals surface area contributed by atoms with E-state index < -0.39 is 11.9 Å². The highest BCUT2D eigenvalue weighted by molar-refractivity contribution is 6.03. The van der Waals surface area contributed by atoms with E-state index in [0.29, 0.717) is 6.61 Å². The van der Waals surface area contributed by atoms with Gasteiger partial charge in [-0.15, -0.1) is 0 Å². The maximum atomic E-state index is 12.5. The average molecular weight is 384 g/mol. The zero-order valence-electron chi connectivity index (χ0n) is 16.6. The van der Waals surface area contributed by atoms with Gasteiger partial charge in [0.05, 0.1) is 24.8 Å². The lowest BCUT2D eigenvalue weighted by Gasteiger charge is -2.10. The summed E-state index contributed by atoms with van der Waals surface area (Å²) in [6, 6.07) is 13.8. The summed E-state index contributed by atoms with van der Waals surface area (Å²) in [5, 5.41) is 0. The molecular formula is C23H28O5. The third-order valence-electron chi connectivity index (χ3n) is 4.38. The predicted octanol–water partition coefficient (Wildman–Crippen LogP) is 5.18. The van der Waals surface area contributed by atoms with E-state index in [0.717, 1.165) is 30.6 Å². The van der Waals surface area contributed by atoms with Crippen LogP contribution in [0.15, 0.2) is 48.5 Å². The first-order valence-corrected chi connectivity index (χ1v) is 9.72. The molecule has 0 N–H and O–H groups in total. The summed E-state index contributed by atoms with van der Waals surface area (Å²) in [4.78, 5) is 24.8. The summed E-state index contributed by atoms with van der Waals surface area (Å²) in [5.41, 5.74) is 1.28. The SMILES string of the molecule is CCCCCCCOC(=O)c1ccccc1C(=O)OCc1ccc(OC)cc1. The third kappa shape index (κ3) is 6.72. The van der Waals surface area contributed by atoms with Gasteiger partial charge in [0.15, 0.2) is 0 Å². The molecule has 0 fully saturated rings. The van der Waals surface area contributed by atoms with Crippen molar-refractivity contribution in [1.29, 1.82) is 0 Å². The van der Waals surface area contributed by atoms with Crippen LogP contribution in [-0.2, 0) is 16.1 Å². The molecule has 0 unspecified atom stereocenters. The van der Waals surface area contributed by atoms with Gasteiger partial charge in [-0.25, -0.2) is 9.59 Å². The van der Waals surface area contributed by atoms with Crippen LogP contribution < -0.4 is 4.74 Å². The molecule has 0 saturated heterocycles. The Morgan fingerprint density at radius 2 is 1.39 bits per heavy atom. The summed E-state index contributed by atoms with van der Waals surface area (Å²) in [5.74, 6) is -0.309. The Labute approximate surface area is 166 Å². The summed E-state index contributed by atoms with van der Waals surface area (Å²) < 4.78 is 15.8. The van der Waals surface area contributed by atoms with Crippen molar-refractivity contribution >= 4 is 11.9 Å². The molecule has 28 heavy (non-hydrogen) atoms. The number of hydrogen-bond donors (Lipinski definition) is 0. The second-order valence-electron chi connectivity index (χ2n) is 6.52. The largest absolute Gasteiger partial charge is 0.497 e. The smallest absolute Gasteiger partial charge is 0.339 e. The number of carbonyl (C=O) groups is 2. The maximum Gasteiger partial charge on any atom is 0.339 e. The van der Waals surface area contributed by atoms with E-state index in [1.165, 1.54) is 12.8 Å². The van der Waals surface area contributed by atoms with E-state index in [2.05, 4.69) is 6.92 Å². The van der Waals surface area contributed by atoms with E-state index in [1.54, 1.807) is 43.5 Å². The zero-order valence-corrected chi connectivity index (χ0v) is 16.6. The number of hydrogen-bond acceptors (Lipinski definition) is 5. The molecule has 0 aliphatic heterocycles. The lowest BCUT2D eigenvalue weighted by Crippen LogP contribution is -2.14. The molecule has 5 nitrogen and oxygen atoms in total. The molecule has 0 amide bonds. The predicted molar refractivity (Wildman–Crippen MR) is 108 cm³/mol. The topological polar surface area (TPSA) is 61.8 Å². The molecule has 2 rings (SSSR count). The Morgan fingerprint density at radius 1 is 0.786 bits per heavy atom. The first-order chi connectivity index (χ1) is 13.7. The maximum absolute atomic E-state index is 12.5. The lowest BCUT2D eigenvalue weighted by atomic mass is 10.1. The van der Waals surface area contributed by atoms with Gasteiger partial charge >= 0.3 is 11.9 Å². The Balaban J connectivity index is 1.90. The summed E-state index contributed by atoms with van der Waals surface area (Å²) in [6.07, 6.45) is 5.37. The van der Waals surface area contributed by atoms with Crippen LogP contribution in [0.25, 0.3) is 0 Å². The van der Waals surface area contributed by atoms with Gasteiger partial charge in [-0.1, -0.05) is 56.9 Å². The first-order valence-electron chi connectivity index (χ1n) is 9.72. The van der Waals surface area contributed by atoms with Gasteiger partial charge in [-0.3, -0.25) is 0 Å². The second-order valence-corrected chi connectivity index (χ2v) is 6.52. The Bertz CT molecular complexity index is 752. The fourth-order valence-corrected chi connectivity index (χ4v) is 2.74. The van der Waals surface area contributed by atoms with Crippen molar-refractivity contribution in [3.8, 4) is 5.75 Å². The van der Waals surface area contributed by atoms with Crippen molar-refractivity contribution in [3.05, 3.63) is 65.2 Å². The van der Waals surface area contributed by atoms with Crippen molar-refractivity contribution in [2.75, 3.05) is 13.7 Å². The fraction of sp³-hybridized carbons (Fsp3) is 0.391. The van der Waals surface area contributed by atoms with E-state index in [1.807, 2.05) is 12.1 Å². The van der Waals surface area contributed by atoms with Crippen molar-refractivity contribution in [1.82, 2.24) is 0 Å². The van der Waals surface area contributed by atoms with Gasteiger partial charge in [-0.2, -0.15) is 0 Å². The van der Waals surface area contributed by atoms with Crippen LogP contribution in [0.2, 0.25) is 0 Å². The highest BCUT2D eigenvalue weighted by Crippen LogP contribution is 2.16. The Hall–Kier alpha value is -2.82. The molecule has 0 bridgehead atoms. The Kier molecular flexibility index (Phi) is 9.05. The fourth-order valence-electron chi connectivity index (χ4n) is 2.74. The summed E-state index contributed by atoms with van der Waals surface area (Å²) in [6.45, 7) is 2.63. The highest BCUT2D eigenvalue weighted by atomic mass is 16.5. The normalized spacial score (nSPS) is 10.4. The second kappa shape index (κ2) is 11.8. The monoisotopic (exact) mass is 384 g/mol. The number of ether oxygens (including phenoxy) is 3. The summed E-state index contributed by atoms with van der Waals surface area (Å²) >= 11 is 0. The van der Waals surface area contributed by atoms with Crippen LogP contribution in [-0.4, -0.2) is 25.7 Å². The number of esters is 2. The molecule has 2 aromatic rings. The quantitative estimate of drug-likeness (QED) is 0.395. The molecule has 0 aromatic heterocycles. The minimum Gasteiger partial charge on any atom is -0.497 e. The molecule has 0 spiro atoms. The molecule has 0 atom stereocenters. The van der Waals surface area contributed by atoms with Gasteiger partial charge in [0, 0.05) is 0 Å². The number of unbranched alkanes of at least 4 members (excludes halogenated alkanes) is 4. The van der Waals surface area contributed by atoms with Crippen LogP contribution >= 0.6 is 0 Å². The van der Waals surface area contributed by atoms with Crippen LogP contribution in [0.5, 0.6) is 5.75 Å². The van der Waals surface area contributed by atoms with E-state index in [-0.39, 0.29) is 17.7 Å². The average Bonchev–Trinajstić information content (AvgIpc) is 2.74. The van der Waals surface area contributed by atoms with Crippen LogP contribution in [0, 0.1) is 0 Å². The summed E-state index contributed by atoms with van der Waals surface area (Å²) in [7, 11) is 1.59. The van der Waals surface area contributed by atoms with E-state index in [9.17, 15) is 9.59 Å². The van der Waals surface area contributed by atoms with Gasteiger partial charge in [0.1, 0.15) is 12.4 Å². The van der Waals surface area contributed by atoms with Gasteiger partial charge in [0.25, 0.3) is 0 Å². The van der Waals surface area contributed by atoms with Crippen LogP contribution in [0.1, 0.15) is 65.3 Å². The molecule has 0 aliphatic carbocycles. The van der Waals surface area contributed by atoms with Crippen LogP contribution in [0.4, 0.5) is 0 Å². The van der Waals surface area contributed by atoms with E-state index in [4.69, 9.17) is 14.2 Å². The number of benzene rings is 2.